The number of halogens is 2. The number of rotatable bonds is 4. The molecule has 18 heavy (non-hydrogen) atoms. The minimum absolute atomic E-state index is 0.0380. The fraction of sp³-hybridized carbons (Fsp3) is 0.250. The molecule has 4 nitrogen and oxygen atoms in total. The molecule has 0 aliphatic carbocycles. The molecule has 94 valence electrons. The highest BCUT2D eigenvalue weighted by Gasteiger charge is 2.11. The molecular formula is C12H12ClFN4. The van der Waals surface area contributed by atoms with Crippen LogP contribution in [0.5, 0.6) is 0 Å². The van der Waals surface area contributed by atoms with Crippen LogP contribution in [0.25, 0.3) is 0 Å². The lowest BCUT2D eigenvalue weighted by Gasteiger charge is -2.18. The van der Waals surface area contributed by atoms with E-state index >= 15 is 0 Å². The second kappa shape index (κ2) is 5.73. The molecule has 0 saturated carbocycles. The molecule has 0 aliphatic heterocycles. The summed E-state index contributed by atoms with van der Waals surface area (Å²) in [4.78, 5) is 13.3. The van der Waals surface area contributed by atoms with Crippen molar-refractivity contribution < 1.29 is 4.39 Å². The molecule has 0 N–H and O–H groups in total. The number of hydrogen-bond donors (Lipinski definition) is 0. The van der Waals surface area contributed by atoms with Gasteiger partial charge in [0.1, 0.15) is 0 Å². The summed E-state index contributed by atoms with van der Waals surface area (Å²) < 4.78 is 13.5. The van der Waals surface area contributed by atoms with Crippen molar-refractivity contribution in [3.05, 3.63) is 47.4 Å². The zero-order valence-electron chi connectivity index (χ0n) is 9.85. The number of nitrogens with zero attached hydrogens (tertiary/aromatic N) is 4. The summed E-state index contributed by atoms with van der Waals surface area (Å²) in [5.41, 5.74) is 0.949. The number of anilines is 1. The van der Waals surface area contributed by atoms with Crippen molar-refractivity contribution in [2.75, 3.05) is 18.5 Å². The smallest absolute Gasteiger partial charge is 0.224 e. The summed E-state index contributed by atoms with van der Waals surface area (Å²) in [7, 11) is 1.75. The molecule has 2 aromatic heterocycles. The highest BCUT2D eigenvalue weighted by Crippen LogP contribution is 2.16. The zero-order chi connectivity index (χ0) is 13.0. The quantitative estimate of drug-likeness (QED) is 0.797. The van der Waals surface area contributed by atoms with Gasteiger partial charge in [0.25, 0.3) is 0 Å². The van der Waals surface area contributed by atoms with E-state index in [9.17, 15) is 4.39 Å². The lowest BCUT2D eigenvalue weighted by molar-refractivity contribution is 0.606. The minimum Gasteiger partial charge on any atom is -0.357 e. The third kappa shape index (κ3) is 3.13. The highest BCUT2D eigenvalue weighted by molar-refractivity contribution is 6.28. The van der Waals surface area contributed by atoms with E-state index in [2.05, 4.69) is 15.0 Å². The number of hydrogen-bond acceptors (Lipinski definition) is 4. The molecule has 2 rings (SSSR count). The van der Waals surface area contributed by atoms with Crippen LogP contribution in [0.2, 0.25) is 5.28 Å². The van der Waals surface area contributed by atoms with Crippen LogP contribution in [0.1, 0.15) is 5.69 Å². The van der Waals surface area contributed by atoms with Gasteiger partial charge in [0.15, 0.2) is 11.6 Å². The molecule has 2 aromatic rings. The van der Waals surface area contributed by atoms with Crippen LogP contribution in [0, 0.1) is 5.82 Å². The molecule has 6 heteroatoms. The molecule has 0 bridgehead atoms. The molecule has 0 fully saturated rings. The van der Waals surface area contributed by atoms with Gasteiger partial charge in [-0.25, -0.2) is 9.37 Å². The molecule has 0 spiro atoms. The number of pyridine rings is 1. The van der Waals surface area contributed by atoms with Crippen LogP contribution in [0.4, 0.5) is 10.2 Å². The van der Waals surface area contributed by atoms with E-state index in [-0.39, 0.29) is 11.1 Å². The van der Waals surface area contributed by atoms with E-state index < -0.39 is 5.82 Å². The highest BCUT2D eigenvalue weighted by atomic mass is 35.5. The number of aromatic nitrogens is 3. The van der Waals surface area contributed by atoms with Gasteiger partial charge in [0.05, 0.1) is 6.20 Å². The summed E-state index contributed by atoms with van der Waals surface area (Å²) in [6, 6.07) is 5.71. The van der Waals surface area contributed by atoms with Crippen LogP contribution in [-0.4, -0.2) is 28.5 Å². The van der Waals surface area contributed by atoms with Gasteiger partial charge in [0.2, 0.25) is 5.28 Å². The maximum absolute atomic E-state index is 13.5. The monoisotopic (exact) mass is 266 g/mol. The number of likely N-dealkylation sites (N-methyl/N-ethyl adjacent to an activating group) is 1. The molecule has 0 amide bonds. The molecular weight excluding hydrogens is 255 g/mol. The van der Waals surface area contributed by atoms with Gasteiger partial charge in [-0.15, -0.1) is 0 Å². The van der Waals surface area contributed by atoms with Crippen molar-refractivity contribution in [1.29, 1.82) is 0 Å². The zero-order valence-corrected chi connectivity index (χ0v) is 10.6. The van der Waals surface area contributed by atoms with Crippen LogP contribution >= 0.6 is 11.6 Å². The van der Waals surface area contributed by atoms with Crippen molar-refractivity contribution in [3.8, 4) is 0 Å². The van der Waals surface area contributed by atoms with E-state index in [1.165, 1.54) is 0 Å². The van der Waals surface area contributed by atoms with Crippen molar-refractivity contribution >= 4 is 17.4 Å². The molecule has 0 saturated heterocycles. The normalized spacial score (nSPS) is 10.4. The first-order valence-corrected chi connectivity index (χ1v) is 5.83. The first kappa shape index (κ1) is 12.7. The maximum atomic E-state index is 13.5. The average Bonchev–Trinajstić information content (AvgIpc) is 2.40. The summed E-state index contributed by atoms with van der Waals surface area (Å²) in [5.74, 6) is -0.283. The van der Waals surface area contributed by atoms with Gasteiger partial charge in [0, 0.05) is 31.9 Å². The van der Waals surface area contributed by atoms with E-state index in [4.69, 9.17) is 11.6 Å². The molecule has 0 radical (unpaired) electrons. The van der Waals surface area contributed by atoms with Crippen LogP contribution in [-0.2, 0) is 6.42 Å². The molecule has 0 unspecified atom stereocenters. The Labute approximate surface area is 109 Å². The third-order valence-electron chi connectivity index (χ3n) is 2.49. The molecule has 0 aliphatic rings. The summed E-state index contributed by atoms with van der Waals surface area (Å²) in [6.45, 7) is 0.598. The summed E-state index contributed by atoms with van der Waals surface area (Å²) in [5, 5.41) is 0.0380. The molecule has 0 aromatic carbocycles. The third-order valence-corrected chi connectivity index (χ3v) is 2.67. The van der Waals surface area contributed by atoms with Crippen LogP contribution < -0.4 is 4.90 Å². The van der Waals surface area contributed by atoms with Gasteiger partial charge in [-0.3, -0.25) is 4.98 Å². The fourth-order valence-electron chi connectivity index (χ4n) is 1.54. The first-order chi connectivity index (χ1) is 8.66. The summed E-state index contributed by atoms with van der Waals surface area (Å²) in [6.07, 6.45) is 3.51. The van der Waals surface area contributed by atoms with E-state index in [1.807, 2.05) is 18.2 Å². The second-order valence-electron chi connectivity index (χ2n) is 3.80. The topological polar surface area (TPSA) is 41.9 Å². The Hall–Kier alpha value is -1.75. The fourth-order valence-corrected chi connectivity index (χ4v) is 1.67. The standard InChI is InChI=1S/C12H12ClFN4/c1-18(7-5-9-4-2-3-6-15-9)11-10(14)8-16-12(13)17-11/h2-4,6,8H,5,7H2,1H3. The Morgan fingerprint density at radius 1 is 1.33 bits per heavy atom. The summed E-state index contributed by atoms with van der Waals surface area (Å²) >= 11 is 5.65. The predicted molar refractivity (Wildman–Crippen MR) is 68.2 cm³/mol. The second-order valence-corrected chi connectivity index (χ2v) is 4.14. The maximum Gasteiger partial charge on any atom is 0.224 e. The van der Waals surface area contributed by atoms with Crippen molar-refractivity contribution in [1.82, 2.24) is 15.0 Å². The molecule has 0 atom stereocenters. The lowest BCUT2D eigenvalue weighted by atomic mass is 10.2. The Bertz CT molecular complexity index is 521. The van der Waals surface area contributed by atoms with Gasteiger partial charge < -0.3 is 4.90 Å². The van der Waals surface area contributed by atoms with Gasteiger partial charge in [-0.2, -0.15) is 4.98 Å². The largest absolute Gasteiger partial charge is 0.357 e. The Morgan fingerprint density at radius 3 is 2.89 bits per heavy atom. The van der Waals surface area contributed by atoms with E-state index in [1.54, 1.807) is 18.1 Å². The SMILES string of the molecule is CN(CCc1ccccn1)c1nc(Cl)ncc1F. The van der Waals surface area contributed by atoms with Gasteiger partial charge in [-0.1, -0.05) is 6.07 Å². The average molecular weight is 267 g/mol. The molecule has 2 heterocycles. The lowest BCUT2D eigenvalue weighted by Crippen LogP contribution is -2.23. The van der Waals surface area contributed by atoms with E-state index in [0.717, 1.165) is 11.9 Å². The van der Waals surface area contributed by atoms with Crippen molar-refractivity contribution in [3.63, 3.8) is 0 Å². The Morgan fingerprint density at radius 2 is 2.17 bits per heavy atom. The van der Waals surface area contributed by atoms with Crippen LogP contribution in [0.3, 0.4) is 0 Å². The predicted octanol–water partition coefficient (Wildman–Crippen LogP) is 2.34. The van der Waals surface area contributed by atoms with Gasteiger partial charge in [-0.05, 0) is 23.7 Å². The first-order valence-electron chi connectivity index (χ1n) is 5.46. The van der Waals surface area contributed by atoms with E-state index in [0.29, 0.717) is 13.0 Å². The Balaban J connectivity index is 2.03. The van der Waals surface area contributed by atoms with Crippen molar-refractivity contribution in [2.24, 2.45) is 0 Å². The Kier molecular flexibility index (Phi) is 4.04. The van der Waals surface area contributed by atoms with Crippen LogP contribution in [0.15, 0.2) is 30.6 Å². The van der Waals surface area contributed by atoms with Gasteiger partial charge >= 0.3 is 0 Å². The van der Waals surface area contributed by atoms with Crippen molar-refractivity contribution in [2.45, 2.75) is 6.42 Å². The minimum atomic E-state index is -0.483.